The van der Waals surface area contributed by atoms with Crippen molar-refractivity contribution in [3.63, 3.8) is 0 Å². The van der Waals surface area contributed by atoms with E-state index in [0.717, 1.165) is 19.3 Å². The summed E-state index contributed by atoms with van der Waals surface area (Å²) >= 11 is 5.92. The first kappa shape index (κ1) is 20.8. The second-order valence-electron chi connectivity index (χ2n) is 7.30. The van der Waals surface area contributed by atoms with Gasteiger partial charge in [0.05, 0.1) is 0 Å². The summed E-state index contributed by atoms with van der Waals surface area (Å²) in [7, 11) is 0. The van der Waals surface area contributed by atoms with Gasteiger partial charge < -0.3 is 16.0 Å². The van der Waals surface area contributed by atoms with Gasteiger partial charge >= 0.3 is 6.03 Å². The molecular formula is C21H25ClN6O. The van der Waals surface area contributed by atoms with Gasteiger partial charge in [0.15, 0.2) is 0 Å². The quantitative estimate of drug-likeness (QED) is 0.269. The van der Waals surface area contributed by atoms with E-state index in [0.29, 0.717) is 36.1 Å². The number of hydrogen-bond donors (Lipinski definition) is 3. The lowest BCUT2D eigenvalue weighted by molar-refractivity contribution is 0.155. The van der Waals surface area contributed by atoms with Crippen LogP contribution in [0.4, 0.5) is 10.5 Å². The predicted molar refractivity (Wildman–Crippen MR) is 115 cm³/mol. The zero-order valence-corrected chi connectivity index (χ0v) is 16.9. The lowest BCUT2D eigenvalue weighted by atomic mass is 9.71. The Morgan fingerprint density at radius 2 is 1.93 bits per heavy atom. The largest absolute Gasteiger partial charge is 0.386 e. The van der Waals surface area contributed by atoms with Gasteiger partial charge in [-0.3, -0.25) is 0 Å². The van der Waals surface area contributed by atoms with Gasteiger partial charge in [-0.1, -0.05) is 47.2 Å². The second-order valence-corrected chi connectivity index (χ2v) is 7.74. The van der Waals surface area contributed by atoms with Crippen LogP contribution in [0.3, 0.4) is 0 Å². The monoisotopic (exact) mass is 412 g/mol. The van der Waals surface area contributed by atoms with E-state index in [1.165, 1.54) is 5.56 Å². The molecule has 152 valence electrons. The van der Waals surface area contributed by atoms with E-state index in [1.54, 1.807) is 24.3 Å². The van der Waals surface area contributed by atoms with Crippen LogP contribution >= 0.6 is 11.6 Å². The van der Waals surface area contributed by atoms with Crippen LogP contribution in [0.25, 0.3) is 0 Å². The molecule has 0 saturated carbocycles. The molecule has 4 N–H and O–H groups in total. The van der Waals surface area contributed by atoms with E-state index in [1.807, 2.05) is 23.1 Å². The van der Waals surface area contributed by atoms with Gasteiger partial charge in [-0.2, -0.15) is 5.53 Å². The van der Waals surface area contributed by atoms with E-state index < -0.39 is 0 Å². The molecule has 1 heterocycles. The Kier molecular flexibility index (Phi) is 6.82. The number of urea groups is 1. The average Bonchev–Trinajstić information content (AvgIpc) is 2.75. The number of halogens is 1. The first-order valence-electron chi connectivity index (χ1n) is 9.58. The van der Waals surface area contributed by atoms with Crippen LogP contribution in [0, 0.1) is 5.53 Å². The number of carbonyl (C=O) groups is 1. The molecule has 0 bridgehead atoms. The van der Waals surface area contributed by atoms with Gasteiger partial charge in [0.2, 0.25) is 0 Å². The number of nitrogens with zero attached hydrogens (tertiary/aromatic N) is 3. The Bertz CT molecular complexity index is 870. The summed E-state index contributed by atoms with van der Waals surface area (Å²) in [5, 5.41) is 10.2. The Hall–Kier alpha value is -2.93. The zero-order valence-electron chi connectivity index (χ0n) is 16.1. The SMILES string of the molecule is N=NN=C(N)CCC1(c2ccccc2)CCCN(C(=O)Nc2ccc(Cl)cc2)C1. The average molecular weight is 413 g/mol. The lowest BCUT2D eigenvalue weighted by Gasteiger charge is -2.43. The molecule has 7 nitrogen and oxygen atoms in total. The number of hydrogen-bond acceptors (Lipinski definition) is 3. The third-order valence-corrected chi connectivity index (χ3v) is 5.64. The Labute approximate surface area is 175 Å². The highest BCUT2D eigenvalue weighted by atomic mass is 35.5. The molecule has 1 saturated heterocycles. The van der Waals surface area contributed by atoms with Crippen LogP contribution in [-0.4, -0.2) is 29.9 Å². The number of piperidine rings is 1. The normalized spacial score (nSPS) is 19.6. The lowest BCUT2D eigenvalue weighted by Crippen LogP contribution is -2.50. The molecule has 0 spiro atoms. The van der Waals surface area contributed by atoms with E-state index in [9.17, 15) is 4.79 Å². The fourth-order valence-corrected chi connectivity index (χ4v) is 4.02. The maximum Gasteiger partial charge on any atom is 0.321 e. The highest BCUT2D eigenvalue weighted by Crippen LogP contribution is 2.38. The van der Waals surface area contributed by atoms with E-state index >= 15 is 0 Å². The number of nitrogens with two attached hydrogens (primary N) is 1. The third-order valence-electron chi connectivity index (χ3n) is 5.38. The summed E-state index contributed by atoms with van der Waals surface area (Å²) in [5.74, 6) is 0.332. The number of carbonyl (C=O) groups excluding carboxylic acids is 1. The minimum Gasteiger partial charge on any atom is -0.386 e. The molecule has 0 aromatic heterocycles. The van der Waals surface area contributed by atoms with Gasteiger partial charge in [-0.25, -0.2) is 4.79 Å². The first-order valence-corrected chi connectivity index (χ1v) is 9.96. The number of nitrogens with one attached hydrogen (secondary N) is 2. The van der Waals surface area contributed by atoms with Crippen molar-refractivity contribution in [3.8, 4) is 0 Å². The van der Waals surface area contributed by atoms with Crippen molar-refractivity contribution in [1.29, 1.82) is 5.53 Å². The molecule has 2 aromatic carbocycles. The van der Waals surface area contributed by atoms with Crippen molar-refractivity contribution in [2.75, 3.05) is 18.4 Å². The Morgan fingerprint density at radius 1 is 1.21 bits per heavy atom. The summed E-state index contributed by atoms with van der Waals surface area (Å²) in [6.45, 7) is 1.28. The number of amides is 2. The van der Waals surface area contributed by atoms with Crippen molar-refractivity contribution < 1.29 is 4.79 Å². The molecular weight excluding hydrogens is 388 g/mol. The number of amidine groups is 1. The fraction of sp³-hybridized carbons (Fsp3) is 0.333. The predicted octanol–water partition coefficient (Wildman–Crippen LogP) is 4.99. The van der Waals surface area contributed by atoms with Gasteiger partial charge in [0, 0.05) is 35.6 Å². The molecule has 3 rings (SSSR count). The van der Waals surface area contributed by atoms with Crippen LogP contribution in [0.5, 0.6) is 0 Å². The molecule has 8 heteroatoms. The highest BCUT2D eigenvalue weighted by molar-refractivity contribution is 6.30. The third kappa shape index (κ3) is 5.32. The summed E-state index contributed by atoms with van der Waals surface area (Å²) in [6.07, 6.45) is 3.09. The standard InChI is InChI=1S/C21H25ClN6O/c22-17-7-9-18(10-8-17)25-20(29)28-14-4-12-21(15-28,13-11-19(23)26-27-24)16-5-2-1-3-6-16/h1-3,5-10H,4,11-15H2,(H,25,29)(H3,23,24,26). The van der Waals surface area contributed by atoms with Crippen LogP contribution in [0.15, 0.2) is 64.9 Å². The zero-order chi connectivity index (χ0) is 20.7. The molecule has 1 aliphatic heterocycles. The van der Waals surface area contributed by atoms with E-state index in [-0.39, 0.29) is 11.4 Å². The van der Waals surface area contributed by atoms with Crippen molar-refractivity contribution >= 4 is 29.2 Å². The molecule has 1 unspecified atom stereocenters. The molecule has 1 atom stereocenters. The van der Waals surface area contributed by atoms with Gasteiger partial charge in [0.1, 0.15) is 5.84 Å². The van der Waals surface area contributed by atoms with Crippen molar-refractivity contribution in [2.45, 2.75) is 31.1 Å². The van der Waals surface area contributed by atoms with Crippen molar-refractivity contribution in [1.82, 2.24) is 4.90 Å². The minimum atomic E-state index is -0.223. The van der Waals surface area contributed by atoms with Crippen LogP contribution < -0.4 is 11.1 Å². The molecule has 29 heavy (non-hydrogen) atoms. The van der Waals surface area contributed by atoms with Gasteiger partial charge in [-0.15, -0.1) is 5.10 Å². The summed E-state index contributed by atoms with van der Waals surface area (Å²) < 4.78 is 0. The number of rotatable bonds is 6. The molecule has 1 fully saturated rings. The molecule has 2 aromatic rings. The smallest absolute Gasteiger partial charge is 0.321 e. The summed E-state index contributed by atoms with van der Waals surface area (Å²) in [5.41, 5.74) is 14.4. The van der Waals surface area contributed by atoms with Gasteiger partial charge in [0.25, 0.3) is 0 Å². The van der Waals surface area contributed by atoms with Crippen LogP contribution in [-0.2, 0) is 5.41 Å². The number of benzene rings is 2. The fourth-order valence-electron chi connectivity index (χ4n) is 3.90. The van der Waals surface area contributed by atoms with Crippen molar-refractivity contribution in [3.05, 3.63) is 65.2 Å². The van der Waals surface area contributed by atoms with Gasteiger partial charge in [-0.05, 0) is 49.1 Å². The summed E-state index contributed by atoms with van der Waals surface area (Å²) in [4.78, 5) is 14.8. The second kappa shape index (κ2) is 9.52. The Morgan fingerprint density at radius 3 is 2.62 bits per heavy atom. The topological polar surface area (TPSA) is 107 Å². The van der Waals surface area contributed by atoms with E-state index in [4.69, 9.17) is 22.9 Å². The maximum atomic E-state index is 12.9. The number of anilines is 1. The molecule has 0 aliphatic carbocycles. The summed E-state index contributed by atoms with van der Waals surface area (Å²) in [6, 6.07) is 17.2. The Balaban J connectivity index is 1.79. The molecule has 0 radical (unpaired) electrons. The first-order chi connectivity index (χ1) is 14.0. The number of likely N-dealkylation sites (tertiary alicyclic amines) is 1. The van der Waals surface area contributed by atoms with Crippen LogP contribution in [0.1, 0.15) is 31.2 Å². The molecule has 2 amide bonds. The van der Waals surface area contributed by atoms with Crippen molar-refractivity contribution in [2.24, 2.45) is 16.1 Å². The van der Waals surface area contributed by atoms with Crippen LogP contribution in [0.2, 0.25) is 5.02 Å². The van der Waals surface area contributed by atoms with E-state index in [2.05, 4.69) is 27.8 Å². The minimum absolute atomic E-state index is 0.130. The maximum absolute atomic E-state index is 12.9. The highest BCUT2D eigenvalue weighted by Gasteiger charge is 2.38. The molecule has 1 aliphatic rings.